The monoisotopic (exact) mass is 314 g/mol. The first-order chi connectivity index (χ1) is 9.49. The van der Waals surface area contributed by atoms with Crippen molar-refractivity contribution in [2.45, 2.75) is 32.0 Å². The summed E-state index contributed by atoms with van der Waals surface area (Å²) in [5.74, 6) is -3.08. The van der Waals surface area contributed by atoms with Crippen LogP contribution in [0.25, 0.3) is 0 Å². The van der Waals surface area contributed by atoms with Crippen molar-refractivity contribution in [3.8, 4) is 0 Å². The van der Waals surface area contributed by atoms with Gasteiger partial charge in [-0.05, 0) is 13.3 Å². The van der Waals surface area contributed by atoms with E-state index in [1.807, 2.05) is 0 Å². The second kappa shape index (κ2) is 7.14. The summed E-state index contributed by atoms with van der Waals surface area (Å²) in [4.78, 5) is 34.5. The number of ether oxygens (including phenoxy) is 1. The molecule has 10 heteroatoms. The Balaban J connectivity index is 5.18. The summed E-state index contributed by atoms with van der Waals surface area (Å²) in [7, 11) is 1.06. The van der Waals surface area contributed by atoms with Crippen LogP contribution in [-0.4, -0.2) is 59.9 Å². The number of hydrogen-bond donors (Lipinski definition) is 2. The topological polar surface area (TPSA) is 95.9 Å². The van der Waals surface area contributed by atoms with E-state index in [-0.39, 0.29) is 6.54 Å². The Kier molecular flexibility index (Phi) is 6.46. The van der Waals surface area contributed by atoms with Crippen LogP contribution in [0.3, 0.4) is 0 Å². The molecule has 0 fully saturated rings. The lowest BCUT2D eigenvalue weighted by atomic mass is 10.0. The smallest absolute Gasteiger partial charge is 0.422 e. The molecule has 0 aliphatic rings. The Hall–Kier alpha value is -2.00. The molecule has 122 valence electrons. The largest absolute Gasteiger partial charge is 0.479 e. The Morgan fingerprint density at radius 3 is 2.14 bits per heavy atom. The van der Waals surface area contributed by atoms with E-state index in [4.69, 9.17) is 5.11 Å². The molecule has 0 aromatic rings. The third kappa shape index (κ3) is 4.80. The van der Waals surface area contributed by atoms with Crippen molar-refractivity contribution in [2.75, 3.05) is 20.2 Å². The van der Waals surface area contributed by atoms with Crippen molar-refractivity contribution in [3.05, 3.63) is 0 Å². The molecule has 7 nitrogen and oxygen atoms in total. The molecule has 0 aromatic heterocycles. The molecule has 0 bridgehead atoms. The number of carbonyl (C=O) groups is 3. The third-order valence-corrected chi connectivity index (χ3v) is 2.68. The molecule has 1 unspecified atom stereocenters. The maximum absolute atomic E-state index is 12.8. The van der Waals surface area contributed by atoms with E-state index < -0.39 is 36.2 Å². The van der Waals surface area contributed by atoms with Crippen LogP contribution in [-0.2, 0) is 14.3 Å². The molecule has 0 saturated heterocycles. The molecule has 0 rings (SSSR count). The lowest BCUT2D eigenvalue weighted by Crippen LogP contribution is -2.64. The summed E-state index contributed by atoms with van der Waals surface area (Å²) in [6.07, 6.45) is -4.84. The van der Waals surface area contributed by atoms with E-state index in [2.05, 4.69) is 4.74 Å². The van der Waals surface area contributed by atoms with Crippen molar-refractivity contribution in [2.24, 2.45) is 0 Å². The summed E-state index contributed by atoms with van der Waals surface area (Å²) in [6, 6.07) is -1.32. The highest BCUT2D eigenvalue weighted by atomic mass is 19.4. The number of nitrogens with zero attached hydrogens (tertiary/aromatic N) is 1. The molecule has 2 amide bonds. The summed E-state index contributed by atoms with van der Waals surface area (Å²) in [5.41, 5.74) is -3.45. The van der Waals surface area contributed by atoms with Gasteiger partial charge in [-0.1, -0.05) is 6.92 Å². The Labute approximate surface area is 119 Å². The lowest BCUT2D eigenvalue weighted by molar-refractivity contribution is -0.203. The summed E-state index contributed by atoms with van der Waals surface area (Å²) in [5, 5.41) is 10.1. The number of alkyl halides is 3. The fraction of sp³-hybridized carbons (Fsp3) is 0.727. The van der Waals surface area contributed by atoms with Gasteiger partial charge in [0, 0.05) is 6.54 Å². The number of nitrogens with one attached hydrogen (secondary N) is 1. The number of esters is 1. The van der Waals surface area contributed by atoms with Gasteiger partial charge in [0.2, 0.25) is 5.54 Å². The zero-order valence-corrected chi connectivity index (χ0v) is 11.8. The van der Waals surface area contributed by atoms with E-state index in [0.717, 1.165) is 12.0 Å². The lowest BCUT2D eigenvalue weighted by Gasteiger charge is -2.31. The zero-order valence-electron chi connectivity index (χ0n) is 11.8. The van der Waals surface area contributed by atoms with Gasteiger partial charge in [-0.25, -0.2) is 9.59 Å². The zero-order chi connectivity index (χ0) is 16.8. The van der Waals surface area contributed by atoms with E-state index >= 15 is 0 Å². The van der Waals surface area contributed by atoms with Gasteiger partial charge in [0.05, 0.1) is 7.11 Å². The van der Waals surface area contributed by atoms with Gasteiger partial charge in [0.15, 0.2) is 0 Å². The number of methoxy groups -OCH3 is 1. The number of amides is 2. The minimum atomic E-state index is -5.20. The minimum Gasteiger partial charge on any atom is -0.479 e. The minimum absolute atomic E-state index is 0.0332. The summed E-state index contributed by atoms with van der Waals surface area (Å²) in [6.45, 7) is 1.35. The molecule has 1 atom stereocenters. The van der Waals surface area contributed by atoms with Crippen LogP contribution >= 0.6 is 0 Å². The van der Waals surface area contributed by atoms with Crippen LogP contribution < -0.4 is 5.32 Å². The molecular formula is C11H17F3N2O5. The number of carbonyl (C=O) groups excluding carboxylic acids is 2. The predicted molar refractivity (Wildman–Crippen MR) is 64.5 cm³/mol. The molecule has 0 aromatic carbocycles. The molecular weight excluding hydrogens is 297 g/mol. The number of carboxylic acid groups (broad SMARTS) is 1. The molecule has 2 N–H and O–H groups in total. The molecule has 0 heterocycles. The van der Waals surface area contributed by atoms with E-state index in [9.17, 15) is 27.6 Å². The first kappa shape index (κ1) is 19.0. The predicted octanol–water partition coefficient (Wildman–Crippen LogP) is 0.987. The van der Waals surface area contributed by atoms with Gasteiger partial charge >= 0.3 is 24.1 Å². The molecule has 0 radical (unpaired) electrons. The van der Waals surface area contributed by atoms with Crippen molar-refractivity contribution < 1.29 is 37.4 Å². The number of aliphatic carboxylic acids is 1. The maximum atomic E-state index is 12.8. The highest BCUT2D eigenvalue weighted by Gasteiger charge is 2.58. The molecule has 0 saturated carbocycles. The number of halogens is 3. The van der Waals surface area contributed by atoms with Gasteiger partial charge in [-0.2, -0.15) is 13.2 Å². The highest BCUT2D eigenvalue weighted by molar-refractivity contribution is 5.88. The van der Waals surface area contributed by atoms with Gasteiger partial charge in [0.1, 0.15) is 6.54 Å². The highest BCUT2D eigenvalue weighted by Crippen LogP contribution is 2.30. The molecule has 0 aliphatic heterocycles. The second-order valence-corrected chi connectivity index (χ2v) is 4.36. The fourth-order valence-corrected chi connectivity index (χ4v) is 1.28. The fourth-order valence-electron chi connectivity index (χ4n) is 1.28. The molecule has 21 heavy (non-hydrogen) atoms. The molecule has 0 aliphatic carbocycles. The van der Waals surface area contributed by atoms with Crippen molar-refractivity contribution >= 4 is 18.0 Å². The normalized spacial score (nSPS) is 14.0. The quantitative estimate of drug-likeness (QED) is 0.713. The Morgan fingerprint density at radius 2 is 1.81 bits per heavy atom. The van der Waals surface area contributed by atoms with Gasteiger partial charge < -0.3 is 20.1 Å². The van der Waals surface area contributed by atoms with Crippen LogP contribution in [0.1, 0.15) is 20.3 Å². The number of carboxylic acids is 1. The summed E-state index contributed by atoms with van der Waals surface area (Å²) < 4.78 is 42.7. The van der Waals surface area contributed by atoms with Gasteiger partial charge in [0.25, 0.3) is 0 Å². The standard InChI is InChI=1S/C11H17F3N2O5/c1-4-5-16(6-7(17)21-3)9(20)15-10(2,8(18)19)11(12,13)14/h4-6H2,1-3H3,(H,15,20)(H,18,19). The first-order valence-corrected chi connectivity index (χ1v) is 5.93. The SMILES string of the molecule is CCCN(CC(=O)OC)C(=O)NC(C)(C(=O)O)C(F)(F)F. The second-order valence-electron chi connectivity index (χ2n) is 4.36. The maximum Gasteiger partial charge on any atom is 0.422 e. The number of urea groups is 1. The first-order valence-electron chi connectivity index (χ1n) is 5.93. The van der Waals surface area contributed by atoms with Crippen LogP contribution in [0.15, 0.2) is 0 Å². The summed E-state index contributed by atoms with van der Waals surface area (Å²) >= 11 is 0. The average Bonchev–Trinajstić information content (AvgIpc) is 2.36. The Bertz CT molecular complexity index is 413. The van der Waals surface area contributed by atoms with Gasteiger partial charge in [-0.15, -0.1) is 0 Å². The average molecular weight is 314 g/mol. The molecule has 0 spiro atoms. The van der Waals surface area contributed by atoms with Crippen LogP contribution in [0.5, 0.6) is 0 Å². The number of rotatable bonds is 6. The van der Waals surface area contributed by atoms with Crippen LogP contribution in [0, 0.1) is 0 Å². The Morgan fingerprint density at radius 1 is 1.29 bits per heavy atom. The van der Waals surface area contributed by atoms with Gasteiger partial charge in [-0.3, -0.25) is 4.79 Å². The third-order valence-electron chi connectivity index (χ3n) is 2.68. The van der Waals surface area contributed by atoms with E-state index in [0.29, 0.717) is 13.3 Å². The van der Waals surface area contributed by atoms with E-state index in [1.165, 1.54) is 5.32 Å². The number of hydrogen-bond acceptors (Lipinski definition) is 4. The van der Waals surface area contributed by atoms with Crippen molar-refractivity contribution in [3.63, 3.8) is 0 Å². The van der Waals surface area contributed by atoms with Crippen molar-refractivity contribution in [1.82, 2.24) is 10.2 Å². The van der Waals surface area contributed by atoms with Crippen LogP contribution in [0.4, 0.5) is 18.0 Å². The van der Waals surface area contributed by atoms with Crippen LogP contribution in [0.2, 0.25) is 0 Å². The van der Waals surface area contributed by atoms with Crippen molar-refractivity contribution in [1.29, 1.82) is 0 Å². The van der Waals surface area contributed by atoms with E-state index in [1.54, 1.807) is 6.92 Å².